The number of likely N-dealkylation sites (N-methyl/N-ethyl adjacent to an activating group) is 1. The van der Waals surface area contributed by atoms with Crippen LogP contribution >= 0.6 is 23.2 Å². The number of hydrogen-bond acceptors (Lipinski definition) is 6. The van der Waals surface area contributed by atoms with Gasteiger partial charge in [0.2, 0.25) is 11.8 Å². The molecule has 0 aliphatic carbocycles. The van der Waals surface area contributed by atoms with Gasteiger partial charge in [-0.1, -0.05) is 41.4 Å². The Bertz CT molecular complexity index is 1040. The van der Waals surface area contributed by atoms with E-state index >= 15 is 0 Å². The molecule has 1 heterocycles. The van der Waals surface area contributed by atoms with Crippen molar-refractivity contribution in [3.63, 3.8) is 0 Å². The molecule has 196 valence electrons. The van der Waals surface area contributed by atoms with Crippen molar-refractivity contribution in [2.24, 2.45) is 0 Å². The largest absolute Gasteiger partial charge is 0.392 e. The number of methoxy groups -OCH3 is 1. The van der Waals surface area contributed by atoms with Gasteiger partial charge >= 0.3 is 0 Å². The number of carbonyl (C=O) groups excluding carboxylic acids is 2. The number of anilines is 1. The highest BCUT2D eigenvalue weighted by atomic mass is 35.5. The van der Waals surface area contributed by atoms with E-state index in [1.165, 1.54) is 0 Å². The third kappa shape index (κ3) is 8.44. The number of hydrogen-bond donors (Lipinski definition) is 2. The van der Waals surface area contributed by atoms with E-state index in [4.69, 9.17) is 32.7 Å². The average molecular weight is 538 g/mol. The van der Waals surface area contributed by atoms with Crippen LogP contribution in [0.15, 0.2) is 42.5 Å². The van der Waals surface area contributed by atoms with E-state index in [1.54, 1.807) is 43.3 Å². The number of β-amino-alcohol motifs (C(OH)–C–C–N with tert-alkyl or cyclic N) is 1. The van der Waals surface area contributed by atoms with Crippen molar-refractivity contribution >= 4 is 40.7 Å². The molecule has 36 heavy (non-hydrogen) atoms. The van der Waals surface area contributed by atoms with Crippen LogP contribution in [0.3, 0.4) is 0 Å². The number of amides is 2. The summed E-state index contributed by atoms with van der Waals surface area (Å²) in [5.74, 6) is -0.356. The maximum atomic E-state index is 13.3. The summed E-state index contributed by atoms with van der Waals surface area (Å²) < 4.78 is 10.2. The van der Waals surface area contributed by atoms with Crippen LogP contribution in [0.2, 0.25) is 10.0 Å². The third-order valence-corrected chi connectivity index (χ3v) is 6.84. The number of aliphatic hydroxyl groups is 1. The van der Waals surface area contributed by atoms with E-state index < -0.39 is 0 Å². The third-order valence-electron chi connectivity index (χ3n) is 6.10. The Kier molecular flexibility index (Phi) is 11.0. The topological polar surface area (TPSA) is 91.3 Å². The van der Waals surface area contributed by atoms with Crippen molar-refractivity contribution in [1.29, 1.82) is 0 Å². The second-order valence-electron chi connectivity index (χ2n) is 8.87. The molecule has 2 atom stereocenters. The number of halogens is 2. The molecule has 0 bridgehead atoms. The van der Waals surface area contributed by atoms with Gasteiger partial charge in [-0.05, 0) is 41.8 Å². The lowest BCUT2D eigenvalue weighted by Crippen LogP contribution is -2.39. The van der Waals surface area contributed by atoms with Crippen LogP contribution in [0.1, 0.15) is 23.6 Å². The van der Waals surface area contributed by atoms with E-state index in [1.807, 2.05) is 18.2 Å². The summed E-state index contributed by atoms with van der Waals surface area (Å²) in [6.45, 7) is 2.53. The van der Waals surface area contributed by atoms with E-state index in [-0.39, 0.29) is 37.0 Å². The summed E-state index contributed by atoms with van der Waals surface area (Å²) in [6.07, 6.45) is 0.501. The number of nitrogens with one attached hydrogen (secondary N) is 1. The molecule has 2 unspecified atom stereocenters. The summed E-state index contributed by atoms with van der Waals surface area (Å²) >= 11 is 12.1. The average Bonchev–Trinajstić information content (AvgIpc) is 3.27. The smallest absolute Gasteiger partial charge is 0.250 e. The fourth-order valence-electron chi connectivity index (χ4n) is 4.12. The van der Waals surface area contributed by atoms with E-state index in [2.05, 4.69) is 10.2 Å². The van der Waals surface area contributed by atoms with E-state index in [9.17, 15) is 14.7 Å². The SMILES string of the molecule is COCCOCC(=O)Nc1cccc(C(CN2CCC(O)C2)N(C)C(=O)Cc2ccc(Cl)c(Cl)c2)c1. The zero-order valence-corrected chi connectivity index (χ0v) is 22.1. The van der Waals surface area contributed by atoms with Crippen molar-refractivity contribution in [3.8, 4) is 0 Å². The van der Waals surface area contributed by atoms with E-state index in [0.717, 1.165) is 17.7 Å². The van der Waals surface area contributed by atoms with Gasteiger partial charge in [0.05, 0.1) is 41.8 Å². The summed E-state index contributed by atoms with van der Waals surface area (Å²) in [7, 11) is 3.34. The Morgan fingerprint density at radius 1 is 1.19 bits per heavy atom. The Hall–Kier alpha value is -2.20. The Balaban J connectivity index is 1.75. The van der Waals surface area contributed by atoms with Crippen molar-refractivity contribution < 1.29 is 24.2 Å². The molecular formula is C26H33Cl2N3O5. The number of aliphatic hydroxyl groups excluding tert-OH is 1. The Labute approximate surface area is 222 Å². The van der Waals surface area contributed by atoms with Gasteiger partial charge < -0.3 is 24.8 Å². The van der Waals surface area contributed by atoms with Crippen LogP contribution in [0, 0.1) is 0 Å². The lowest BCUT2D eigenvalue weighted by atomic mass is 10.0. The molecule has 1 saturated heterocycles. The molecule has 1 fully saturated rings. The minimum atomic E-state index is -0.369. The van der Waals surface area contributed by atoms with Gasteiger partial charge in [0, 0.05) is 39.5 Å². The van der Waals surface area contributed by atoms with E-state index in [0.29, 0.717) is 48.5 Å². The highest BCUT2D eigenvalue weighted by Crippen LogP contribution is 2.27. The molecule has 2 amide bonds. The molecule has 2 aromatic rings. The normalized spacial score (nSPS) is 16.6. The zero-order valence-electron chi connectivity index (χ0n) is 20.6. The minimum Gasteiger partial charge on any atom is -0.392 e. The van der Waals surface area contributed by atoms with Gasteiger partial charge in [-0.2, -0.15) is 0 Å². The maximum Gasteiger partial charge on any atom is 0.250 e. The highest BCUT2D eigenvalue weighted by molar-refractivity contribution is 6.42. The highest BCUT2D eigenvalue weighted by Gasteiger charge is 2.28. The number of rotatable bonds is 12. The molecule has 0 saturated carbocycles. The lowest BCUT2D eigenvalue weighted by molar-refractivity contribution is -0.131. The van der Waals surface area contributed by atoms with Crippen molar-refractivity contribution in [3.05, 3.63) is 63.6 Å². The predicted molar refractivity (Wildman–Crippen MR) is 141 cm³/mol. The molecule has 0 radical (unpaired) electrons. The van der Waals surface area contributed by atoms with Crippen LogP contribution in [0.25, 0.3) is 0 Å². The number of likely N-dealkylation sites (tertiary alicyclic amines) is 1. The molecule has 3 rings (SSSR count). The summed E-state index contributed by atoms with van der Waals surface area (Å²) in [5, 5.41) is 13.7. The fraction of sp³-hybridized carbons (Fsp3) is 0.462. The van der Waals surface area contributed by atoms with Crippen molar-refractivity contribution in [1.82, 2.24) is 9.80 Å². The van der Waals surface area contributed by atoms with Gasteiger partial charge in [-0.15, -0.1) is 0 Å². The first-order valence-corrected chi connectivity index (χ1v) is 12.6. The lowest BCUT2D eigenvalue weighted by Gasteiger charge is -2.32. The van der Waals surface area contributed by atoms with Gasteiger partial charge in [-0.25, -0.2) is 0 Å². The maximum absolute atomic E-state index is 13.3. The molecule has 0 aromatic heterocycles. The molecule has 1 aliphatic heterocycles. The molecule has 2 aromatic carbocycles. The first kappa shape index (κ1) is 28.4. The van der Waals surface area contributed by atoms with Crippen molar-refractivity contribution in [2.45, 2.75) is 25.0 Å². The number of carbonyl (C=O) groups is 2. The molecular weight excluding hydrogens is 505 g/mol. The molecule has 0 spiro atoms. The minimum absolute atomic E-state index is 0.0786. The van der Waals surface area contributed by atoms with Crippen LogP contribution in [-0.2, 0) is 25.5 Å². The Morgan fingerprint density at radius 2 is 2.00 bits per heavy atom. The molecule has 2 N–H and O–H groups in total. The Morgan fingerprint density at radius 3 is 2.69 bits per heavy atom. The first-order valence-electron chi connectivity index (χ1n) is 11.8. The van der Waals surface area contributed by atoms with Crippen LogP contribution < -0.4 is 5.32 Å². The van der Waals surface area contributed by atoms with Gasteiger partial charge in [0.25, 0.3) is 0 Å². The monoisotopic (exact) mass is 537 g/mol. The standard InChI is InChI=1S/C26H33Cl2N3O5/c1-30(26(34)13-18-6-7-22(27)23(28)12-18)24(16-31-9-8-21(32)15-31)19-4-3-5-20(14-19)29-25(33)17-36-11-10-35-2/h3-7,12,14,21,24,32H,8-11,13,15-17H2,1-2H3,(H,29,33). The second-order valence-corrected chi connectivity index (χ2v) is 9.68. The van der Waals surface area contributed by atoms with Gasteiger partial charge in [0.1, 0.15) is 6.61 Å². The number of benzene rings is 2. The second kappa shape index (κ2) is 13.9. The summed E-state index contributed by atoms with van der Waals surface area (Å²) in [5.41, 5.74) is 2.26. The summed E-state index contributed by atoms with van der Waals surface area (Å²) in [4.78, 5) is 29.4. The zero-order chi connectivity index (χ0) is 26.1. The molecule has 10 heteroatoms. The fourth-order valence-corrected chi connectivity index (χ4v) is 4.45. The van der Waals surface area contributed by atoms with Crippen molar-refractivity contribution in [2.75, 3.05) is 58.9 Å². The van der Waals surface area contributed by atoms with Crippen LogP contribution in [0.4, 0.5) is 5.69 Å². The summed E-state index contributed by atoms with van der Waals surface area (Å²) in [6, 6.07) is 12.3. The predicted octanol–water partition coefficient (Wildman–Crippen LogP) is 3.40. The first-order chi connectivity index (χ1) is 17.3. The quantitative estimate of drug-likeness (QED) is 0.403. The number of nitrogens with zero attached hydrogens (tertiary/aromatic N) is 2. The molecule has 1 aliphatic rings. The molecule has 8 nitrogen and oxygen atoms in total. The van der Waals surface area contributed by atoms with Gasteiger partial charge in [-0.3, -0.25) is 14.5 Å². The number of ether oxygens (including phenoxy) is 2. The van der Waals surface area contributed by atoms with Crippen LogP contribution in [0.5, 0.6) is 0 Å². The van der Waals surface area contributed by atoms with Crippen LogP contribution in [-0.4, -0.2) is 86.4 Å². The van der Waals surface area contributed by atoms with Gasteiger partial charge in [0.15, 0.2) is 0 Å².